The van der Waals surface area contributed by atoms with Gasteiger partial charge in [-0.05, 0) is 23.3 Å². The number of carbonyl (C=O) groups excluding carboxylic acids is 2. The fourth-order valence-electron chi connectivity index (χ4n) is 4.24. The molecule has 1 aromatic heterocycles. The van der Waals surface area contributed by atoms with E-state index in [2.05, 4.69) is 9.83 Å². The number of amides is 1. The number of nitrogens with zero attached hydrogens (tertiary/aromatic N) is 3. The molecule has 0 fully saturated rings. The number of ketones is 1. The van der Waals surface area contributed by atoms with Crippen LogP contribution in [0.3, 0.4) is 0 Å². The molecule has 2 heterocycles. The molecule has 0 saturated carbocycles. The highest BCUT2D eigenvalue weighted by atomic mass is 16.2. The molecule has 5 heteroatoms. The minimum Gasteiger partial charge on any atom is -0.307 e. The van der Waals surface area contributed by atoms with Crippen molar-refractivity contribution in [2.24, 2.45) is 5.41 Å². The van der Waals surface area contributed by atoms with Crippen molar-refractivity contribution >= 4 is 17.4 Å². The third-order valence-corrected chi connectivity index (χ3v) is 5.62. The Kier molecular flexibility index (Phi) is 4.01. The Morgan fingerprint density at radius 3 is 2.50 bits per heavy atom. The maximum absolute atomic E-state index is 13.9. The lowest BCUT2D eigenvalue weighted by atomic mass is 9.57. The summed E-state index contributed by atoms with van der Waals surface area (Å²) in [5.74, 6) is -0.422. The van der Waals surface area contributed by atoms with Gasteiger partial charge in [-0.3, -0.25) is 9.78 Å². The van der Waals surface area contributed by atoms with E-state index in [0.717, 1.165) is 11.1 Å². The van der Waals surface area contributed by atoms with Crippen molar-refractivity contribution in [2.45, 2.75) is 19.3 Å². The van der Waals surface area contributed by atoms with Gasteiger partial charge >= 0.3 is 0 Å². The topological polar surface area (TPSA) is 54.6 Å². The summed E-state index contributed by atoms with van der Waals surface area (Å²) < 4.78 is 0. The molecule has 1 atom stereocenters. The summed E-state index contributed by atoms with van der Waals surface area (Å²) in [5.41, 5.74) is 0.0432. The van der Waals surface area contributed by atoms with Crippen LogP contribution in [0.15, 0.2) is 78.3 Å². The number of fused-ring (bicyclic) bond motifs is 1. The molecule has 1 aromatic carbocycles. The Balaban J connectivity index is 2.03. The summed E-state index contributed by atoms with van der Waals surface area (Å²) in [5, 5.41) is 0. The average molecular weight is 369 g/mol. The van der Waals surface area contributed by atoms with Crippen LogP contribution in [0.5, 0.6) is 0 Å². The van der Waals surface area contributed by atoms with E-state index in [1.54, 1.807) is 43.3 Å². The number of hydrogen-bond acceptors (Lipinski definition) is 3. The summed E-state index contributed by atoms with van der Waals surface area (Å²) >= 11 is 0. The summed E-state index contributed by atoms with van der Waals surface area (Å²) in [6, 6.07) is 13.0. The molecule has 0 saturated heterocycles. The molecule has 0 bridgehead atoms. The van der Waals surface area contributed by atoms with Crippen molar-refractivity contribution in [1.82, 2.24) is 4.98 Å². The number of aromatic nitrogens is 1. The predicted octanol–water partition coefficient (Wildman–Crippen LogP) is 3.70. The van der Waals surface area contributed by atoms with Crippen LogP contribution in [0.25, 0.3) is 4.85 Å². The van der Waals surface area contributed by atoms with Crippen molar-refractivity contribution in [2.75, 3.05) is 11.4 Å². The second kappa shape index (κ2) is 6.28. The van der Waals surface area contributed by atoms with E-state index in [1.807, 2.05) is 42.5 Å². The Labute approximate surface area is 163 Å². The molecule has 5 nitrogen and oxygen atoms in total. The van der Waals surface area contributed by atoms with Crippen LogP contribution in [0, 0.1) is 12.0 Å². The first-order valence-corrected chi connectivity index (χ1v) is 9.06. The Morgan fingerprint density at radius 2 is 1.86 bits per heavy atom. The number of allylic oxidation sites excluding steroid dienone is 1. The lowest BCUT2D eigenvalue weighted by Crippen LogP contribution is -2.56. The quantitative estimate of drug-likeness (QED) is 0.599. The molecule has 1 amide bonds. The van der Waals surface area contributed by atoms with Crippen LogP contribution in [-0.2, 0) is 15.0 Å². The highest BCUT2D eigenvalue weighted by Gasteiger charge is 2.56. The summed E-state index contributed by atoms with van der Waals surface area (Å²) in [7, 11) is 0. The van der Waals surface area contributed by atoms with E-state index in [1.165, 1.54) is 0 Å². The van der Waals surface area contributed by atoms with E-state index in [-0.39, 0.29) is 17.4 Å². The largest absolute Gasteiger partial charge is 0.307 e. The van der Waals surface area contributed by atoms with Crippen LogP contribution in [0.4, 0.5) is 5.69 Å². The fraction of sp³-hybridized carbons (Fsp3) is 0.217. The lowest BCUT2D eigenvalue weighted by molar-refractivity contribution is -0.125. The number of pyridine rings is 1. The molecule has 138 valence electrons. The second-order valence-electron chi connectivity index (χ2n) is 7.51. The molecular formula is C23H19N3O2. The zero-order valence-corrected chi connectivity index (χ0v) is 15.7. The van der Waals surface area contributed by atoms with Gasteiger partial charge in [0.1, 0.15) is 5.41 Å². The van der Waals surface area contributed by atoms with Crippen LogP contribution in [0.1, 0.15) is 19.4 Å². The van der Waals surface area contributed by atoms with Gasteiger partial charge in [0.25, 0.3) is 0 Å². The maximum atomic E-state index is 13.9. The van der Waals surface area contributed by atoms with Crippen LogP contribution >= 0.6 is 0 Å². The normalized spacial score (nSPS) is 23.4. The van der Waals surface area contributed by atoms with E-state index < -0.39 is 10.8 Å². The first-order valence-electron chi connectivity index (χ1n) is 9.06. The van der Waals surface area contributed by atoms with Crippen molar-refractivity contribution in [3.05, 3.63) is 95.3 Å². The Morgan fingerprint density at radius 1 is 1.11 bits per heavy atom. The highest BCUT2D eigenvalue weighted by Crippen LogP contribution is 2.52. The first kappa shape index (κ1) is 17.9. The molecular weight excluding hydrogens is 350 g/mol. The molecule has 2 aliphatic rings. The SMILES string of the molecule is [C-]#[N+]C1=C[C@]2(c3ccccc3)C(=O)N(c3cccnc3)CC=C2C(C)(C)C1=O. The molecule has 28 heavy (non-hydrogen) atoms. The minimum absolute atomic E-state index is 0.00684. The van der Waals surface area contributed by atoms with E-state index in [9.17, 15) is 9.59 Å². The third-order valence-electron chi connectivity index (χ3n) is 5.62. The third kappa shape index (κ3) is 2.35. The van der Waals surface area contributed by atoms with Crippen molar-refractivity contribution in [1.29, 1.82) is 0 Å². The van der Waals surface area contributed by atoms with Gasteiger partial charge in [0.05, 0.1) is 18.5 Å². The van der Waals surface area contributed by atoms with Crippen LogP contribution in [-0.4, -0.2) is 23.2 Å². The number of hydrogen-bond donors (Lipinski definition) is 0. The smallest absolute Gasteiger partial charge is 0.244 e. The van der Waals surface area contributed by atoms with E-state index >= 15 is 0 Å². The number of anilines is 1. The molecule has 2 aromatic rings. The van der Waals surface area contributed by atoms with Gasteiger partial charge in [0.2, 0.25) is 11.6 Å². The number of carbonyl (C=O) groups is 2. The maximum Gasteiger partial charge on any atom is 0.244 e. The van der Waals surface area contributed by atoms with Crippen molar-refractivity contribution in [3.8, 4) is 0 Å². The zero-order chi connectivity index (χ0) is 19.9. The first-order chi connectivity index (χ1) is 13.4. The molecule has 1 aliphatic heterocycles. The fourth-order valence-corrected chi connectivity index (χ4v) is 4.24. The molecule has 4 rings (SSSR count). The van der Waals surface area contributed by atoms with Crippen molar-refractivity contribution in [3.63, 3.8) is 0 Å². The van der Waals surface area contributed by atoms with Gasteiger partial charge in [-0.2, -0.15) is 0 Å². The minimum atomic E-state index is -1.19. The van der Waals surface area contributed by atoms with Crippen molar-refractivity contribution < 1.29 is 9.59 Å². The molecule has 0 unspecified atom stereocenters. The number of benzene rings is 1. The second-order valence-corrected chi connectivity index (χ2v) is 7.51. The number of Topliss-reactive ketones (excluding diaryl/α,β-unsaturated/α-hetero) is 1. The van der Waals surface area contributed by atoms with Gasteiger partial charge in [0.15, 0.2) is 5.78 Å². The van der Waals surface area contributed by atoms with Gasteiger partial charge in [-0.25, -0.2) is 4.85 Å². The zero-order valence-electron chi connectivity index (χ0n) is 15.7. The van der Waals surface area contributed by atoms with E-state index in [4.69, 9.17) is 6.57 Å². The van der Waals surface area contributed by atoms with E-state index in [0.29, 0.717) is 12.2 Å². The molecule has 0 radical (unpaired) electrons. The van der Waals surface area contributed by atoms with Gasteiger partial charge in [-0.15, -0.1) is 0 Å². The monoisotopic (exact) mass is 369 g/mol. The number of rotatable bonds is 2. The average Bonchev–Trinajstić information content (AvgIpc) is 2.73. The molecule has 0 spiro atoms. The molecule has 0 N–H and O–H groups in total. The molecule has 1 aliphatic carbocycles. The summed E-state index contributed by atoms with van der Waals surface area (Å²) in [6.45, 7) is 11.5. The van der Waals surface area contributed by atoms with Gasteiger partial charge in [-0.1, -0.05) is 56.3 Å². The summed E-state index contributed by atoms with van der Waals surface area (Å²) in [6.07, 6.45) is 6.82. The standard InChI is InChI=1S/C23H19N3O2/c1-22(2)19-11-13-26(17-10-7-12-25-15-17)21(28)23(19,14-18(24-3)20(22)27)16-8-5-4-6-9-16/h4-12,14-15H,13H2,1-2H3/t23-/m1/s1. The van der Waals surface area contributed by atoms with Crippen LogP contribution < -0.4 is 4.90 Å². The lowest BCUT2D eigenvalue weighted by Gasteiger charge is -2.48. The summed E-state index contributed by atoms with van der Waals surface area (Å²) in [4.78, 5) is 36.1. The Bertz CT molecular complexity index is 1060. The van der Waals surface area contributed by atoms with Gasteiger partial charge in [0, 0.05) is 18.2 Å². The Hall–Kier alpha value is -3.52. The van der Waals surface area contributed by atoms with Gasteiger partial charge < -0.3 is 9.69 Å². The van der Waals surface area contributed by atoms with Crippen LogP contribution in [0.2, 0.25) is 0 Å². The predicted molar refractivity (Wildman–Crippen MR) is 106 cm³/mol. The highest BCUT2D eigenvalue weighted by molar-refractivity contribution is 6.14.